The van der Waals surface area contributed by atoms with Crippen molar-refractivity contribution in [1.29, 1.82) is 0 Å². The molecule has 4 aromatic carbocycles. The van der Waals surface area contributed by atoms with Crippen molar-refractivity contribution in [3.05, 3.63) is 89.5 Å². The van der Waals surface area contributed by atoms with Gasteiger partial charge in [0.05, 0.1) is 0 Å². The van der Waals surface area contributed by atoms with Crippen LogP contribution in [0.25, 0.3) is 21.5 Å². The summed E-state index contributed by atoms with van der Waals surface area (Å²) >= 11 is 4.31. The second-order valence-electron chi connectivity index (χ2n) is 25.4. The van der Waals surface area contributed by atoms with E-state index in [1.165, 1.54) is 354 Å². The topological polar surface area (TPSA) is 43.7 Å². The smallest absolute Gasteiger partial charge is 0.423 e. The summed E-state index contributed by atoms with van der Waals surface area (Å²) in [6.07, 6.45) is 73.7. The molecule has 0 saturated carbocycles. The van der Waals surface area contributed by atoms with Crippen LogP contribution >= 0.6 is 12.6 Å². The lowest BCUT2D eigenvalue weighted by molar-refractivity contribution is 0.321. The molecule has 2 N–H and O–H groups in total. The molecule has 0 aliphatic heterocycles. The van der Waals surface area contributed by atoms with Crippen LogP contribution in [0.1, 0.15) is 338 Å². The minimum atomic E-state index is -1.46. The Balaban J connectivity index is 0.818. The highest BCUT2D eigenvalue weighted by atomic mass is 32.1. The SMILES string of the molecule is CN(Cc1ccccc1B(O)O)Cc1c2ccccc2c(CCCCCCCCCCCCCCCCCCCCCCCCCCCCCCCCCCCCCCCCCCCCCCCCCCCCS)c2ccccc12. The summed E-state index contributed by atoms with van der Waals surface area (Å²) in [5.74, 6) is 1.06. The van der Waals surface area contributed by atoms with Gasteiger partial charge in [-0.25, -0.2) is 0 Å². The predicted molar refractivity (Wildman–Crippen MR) is 361 cm³/mol. The molecule has 0 radical (unpaired) electrons. The van der Waals surface area contributed by atoms with E-state index in [1.54, 1.807) is 0 Å². The molecule has 0 spiro atoms. The van der Waals surface area contributed by atoms with E-state index in [2.05, 4.69) is 73.1 Å². The van der Waals surface area contributed by atoms with E-state index in [1.807, 2.05) is 24.3 Å². The van der Waals surface area contributed by atoms with E-state index < -0.39 is 7.12 Å². The van der Waals surface area contributed by atoms with Gasteiger partial charge >= 0.3 is 7.12 Å². The average Bonchev–Trinajstić information content (AvgIpc) is 3.54. The molecule has 0 unspecified atom stereocenters. The van der Waals surface area contributed by atoms with E-state index in [4.69, 9.17) is 0 Å². The highest BCUT2D eigenvalue weighted by molar-refractivity contribution is 7.80. The number of nitrogens with zero attached hydrogens (tertiary/aromatic N) is 1. The van der Waals surface area contributed by atoms with Crippen LogP contribution in [0.15, 0.2) is 72.8 Å². The van der Waals surface area contributed by atoms with Crippen molar-refractivity contribution in [2.75, 3.05) is 12.8 Å². The average molecular weight is 1120 g/mol. The Morgan fingerprint density at radius 1 is 0.287 bits per heavy atom. The van der Waals surface area contributed by atoms with Gasteiger partial charge in [-0.15, -0.1) is 0 Å². The zero-order valence-corrected chi connectivity index (χ0v) is 53.4. The largest absolute Gasteiger partial charge is 0.488 e. The molecule has 0 saturated heterocycles. The van der Waals surface area contributed by atoms with Gasteiger partial charge in [-0.05, 0) is 75.8 Å². The number of thiol groups is 1. The lowest BCUT2D eigenvalue weighted by atomic mass is 9.77. The van der Waals surface area contributed by atoms with Crippen molar-refractivity contribution in [1.82, 2.24) is 4.90 Å². The Morgan fingerprint density at radius 2 is 0.512 bits per heavy atom. The minimum Gasteiger partial charge on any atom is -0.423 e. The van der Waals surface area contributed by atoms with Gasteiger partial charge in [-0.2, -0.15) is 12.6 Å². The third kappa shape index (κ3) is 33.9. The van der Waals surface area contributed by atoms with Crippen LogP contribution in [-0.2, 0) is 19.5 Å². The third-order valence-corrected chi connectivity index (χ3v) is 18.5. The van der Waals surface area contributed by atoms with Crippen molar-refractivity contribution in [2.24, 2.45) is 0 Å². The molecular formula is C75H126BNO2S. The summed E-state index contributed by atoms with van der Waals surface area (Å²) in [6, 6.07) is 25.6. The van der Waals surface area contributed by atoms with Crippen molar-refractivity contribution in [3.8, 4) is 0 Å². The molecule has 5 heteroatoms. The number of unbranched alkanes of at least 4 members (excludes halogenated alkanes) is 49. The maximum atomic E-state index is 9.95. The van der Waals surface area contributed by atoms with Gasteiger partial charge in [0.1, 0.15) is 0 Å². The first-order valence-electron chi connectivity index (χ1n) is 35.2. The zero-order valence-electron chi connectivity index (χ0n) is 52.5. The fourth-order valence-corrected chi connectivity index (χ4v) is 13.4. The van der Waals surface area contributed by atoms with Gasteiger partial charge < -0.3 is 10.0 Å². The van der Waals surface area contributed by atoms with Gasteiger partial charge in [0.15, 0.2) is 0 Å². The van der Waals surface area contributed by atoms with Gasteiger partial charge in [0.25, 0.3) is 0 Å². The Kier molecular flexibility index (Phi) is 43.9. The predicted octanol–water partition coefficient (Wildman–Crippen LogP) is 23.3. The fraction of sp³-hybridized carbons (Fsp3) is 0.733. The van der Waals surface area contributed by atoms with Crippen LogP contribution in [0.4, 0.5) is 0 Å². The van der Waals surface area contributed by atoms with Crippen LogP contribution in [0.2, 0.25) is 0 Å². The third-order valence-electron chi connectivity index (χ3n) is 18.2. The number of hydrogen-bond donors (Lipinski definition) is 3. The van der Waals surface area contributed by atoms with E-state index in [-0.39, 0.29) is 0 Å². The number of hydrogen-bond acceptors (Lipinski definition) is 4. The highest BCUT2D eigenvalue weighted by Gasteiger charge is 2.19. The summed E-state index contributed by atoms with van der Waals surface area (Å²) in [4.78, 5) is 2.29. The minimum absolute atomic E-state index is 0.581. The fourth-order valence-electron chi connectivity index (χ4n) is 13.2. The molecule has 0 aromatic heterocycles. The molecule has 0 aliphatic carbocycles. The van der Waals surface area contributed by atoms with Gasteiger partial charge in [-0.1, -0.05) is 381 Å². The number of aryl methyl sites for hydroxylation is 1. The van der Waals surface area contributed by atoms with E-state index >= 15 is 0 Å². The summed E-state index contributed by atoms with van der Waals surface area (Å²) in [5, 5.41) is 25.4. The van der Waals surface area contributed by atoms with E-state index in [0.29, 0.717) is 12.0 Å². The zero-order chi connectivity index (χ0) is 56.4. The first kappa shape index (κ1) is 70.2. The second-order valence-corrected chi connectivity index (χ2v) is 25.9. The number of rotatable bonds is 57. The first-order chi connectivity index (χ1) is 39.6. The Labute approximate surface area is 501 Å². The first-order valence-corrected chi connectivity index (χ1v) is 35.9. The summed E-state index contributed by atoms with van der Waals surface area (Å²) in [5.41, 5.74) is 4.38. The van der Waals surface area contributed by atoms with Crippen molar-refractivity contribution >= 4 is 46.8 Å². The second kappa shape index (κ2) is 50.1. The summed E-state index contributed by atoms with van der Waals surface area (Å²) in [7, 11) is 0.670. The Morgan fingerprint density at radius 3 is 0.775 bits per heavy atom. The quantitative estimate of drug-likeness (QED) is 0.0179. The molecule has 0 heterocycles. The molecule has 80 heavy (non-hydrogen) atoms. The van der Waals surface area contributed by atoms with Crippen LogP contribution in [-0.4, -0.2) is 34.9 Å². The lowest BCUT2D eigenvalue weighted by Crippen LogP contribution is -2.35. The van der Waals surface area contributed by atoms with Gasteiger partial charge in [0, 0.05) is 13.1 Å². The molecule has 4 aromatic rings. The van der Waals surface area contributed by atoms with Crippen LogP contribution in [0, 0.1) is 0 Å². The Hall–Kier alpha value is -2.31. The summed E-state index contributed by atoms with van der Waals surface area (Å²) in [6.45, 7) is 1.44. The maximum absolute atomic E-state index is 9.95. The standard InChI is InChI=1S/C75H126BNO2S/c1-77(66-68-58-51-56-64-75(68)76(78)79)67-74-72-62-54-52-60-70(72)69(71-61-53-55-63-73(71)74)59-50-48-46-44-42-40-38-36-34-32-30-28-26-24-22-20-18-16-14-12-10-8-6-4-2-3-5-7-9-11-13-15-17-19-21-23-25-27-29-31-33-35-37-39-41-43-45-47-49-57-65-80/h51-56,58,60-64,78-80H,2-50,57,59,65-67H2,1H3. The molecule has 0 bridgehead atoms. The number of fused-ring (bicyclic) bond motifs is 2. The Bertz CT molecular complexity index is 1960. The van der Waals surface area contributed by atoms with Crippen molar-refractivity contribution in [3.63, 3.8) is 0 Å². The highest BCUT2D eigenvalue weighted by Crippen LogP contribution is 2.35. The van der Waals surface area contributed by atoms with Gasteiger partial charge in [0.2, 0.25) is 0 Å². The van der Waals surface area contributed by atoms with Crippen molar-refractivity contribution < 1.29 is 10.0 Å². The monoisotopic (exact) mass is 1120 g/mol. The molecule has 0 aliphatic rings. The molecule has 4 rings (SSSR count). The summed E-state index contributed by atoms with van der Waals surface area (Å²) < 4.78 is 0. The molecule has 3 nitrogen and oxygen atoms in total. The normalized spacial score (nSPS) is 11.8. The molecule has 0 amide bonds. The number of benzene rings is 4. The molecule has 0 fully saturated rings. The van der Waals surface area contributed by atoms with Crippen LogP contribution in [0.3, 0.4) is 0 Å². The van der Waals surface area contributed by atoms with Crippen LogP contribution in [0.5, 0.6) is 0 Å². The molecular weight excluding hydrogens is 990 g/mol. The van der Waals surface area contributed by atoms with Crippen LogP contribution < -0.4 is 5.46 Å². The molecule has 0 atom stereocenters. The van der Waals surface area contributed by atoms with Crippen molar-refractivity contribution in [2.45, 2.75) is 341 Å². The molecule has 452 valence electrons. The van der Waals surface area contributed by atoms with Gasteiger partial charge in [-0.3, -0.25) is 4.90 Å². The van der Waals surface area contributed by atoms with E-state index in [0.717, 1.165) is 24.3 Å². The maximum Gasteiger partial charge on any atom is 0.488 e. The van der Waals surface area contributed by atoms with E-state index in [9.17, 15) is 10.0 Å². The lowest BCUT2D eigenvalue weighted by Gasteiger charge is -2.23.